The molecule has 1 heterocycles. The predicted octanol–water partition coefficient (Wildman–Crippen LogP) is 1.99. The molecule has 1 fully saturated rings. The van der Waals surface area contributed by atoms with E-state index in [4.69, 9.17) is 0 Å². The van der Waals surface area contributed by atoms with Crippen LogP contribution in [0.5, 0.6) is 0 Å². The molecule has 2 aliphatic rings. The minimum atomic E-state index is -3.16. The predicted molar refractivity (Wildman–Crippen MR) is 99.0 cm³/mol. The van der Waals surface area contributed by atoms with Gasteiger partial charge < -0.3 is 4.90 Å². The molecule has 1 amide bonds. The molecule has 25 heavy (non-hydrogen) atoms. The zero-order chi connectivity index (χ0) is 17.9. The van der Waals surface area contributed by atoms with Crippen LogP contribution in [0.15, 0.2) is 18.2 Å². The number of hydrogen-bond donors (Lipinski definition) is 0. The van der Waals surface area contributed by atoms with Crippen molar-refractivity contribution in [1.82, 2.24) is 9.21 Å². The number of benzene rings is 1. The smallest absolute Gasteiger partial charge is 0.227 e. The van der Waals surface area contributed by atoms with Crippen LogP contribution in [-0.2, 0) is 34.1 Å². The largest absolute Gasteiger partial charge is 0.340 e. The van der Waals surface area contributed by atoms with Gasteiger partial charge in [-0.15, -0.1) is 0 Å². The van der Waals surface area contributed by atoms with Crippen LogP contribution in [0.4, 0.5) is 0 Å². The van der Waals surface area contributed by atoms with Crippen molar-refractivity contribution in [3.8, 4) is 0 Å². The molecule has 0 atom stereocenters. The first-order valence-electron chi connectivity index (χ1n) is 9.36. The molecule has 0 radical (unpaired) electrons. The molecule has 0 aromatic heterocycles. The maximum atomic E-state index is 12.6. The van der Waals surface area contributed by atoms with Crippen LogP contribution in [0, 0.1) is 0 Å². The van der Waals surface area contributed by atoms with E-state index in [2.05, 4.69) is 18.2 Å². The highest BCUT2D eigenvalue weighted by molar-refractivity contribution is 7.89. The summed E-state index contributed by atoms with van der Waals surface area (Å²) in [7, 11) is -3.16. The van der Waals surface area contributed by atoms with Crippen LogP contribution in [0.2, 0.25) is 0 Å². The quantitative estimate of drug-likeness (QED) is 0.776. The number of fused-ring (bicyclic) bond motifs is 1. The molecule has 1 aromatic rings. The summed E-state index contributed by atoms with van der Waals surface area (Å²) in [5.41, 5.74) is 3.88. The third-order valence-electron chi connectivity index (χ3n) is 5.26. The van der Waals surface area contributed by atoms with E-state index in [1.54, 1.807) is 9.21 Å². The van der Waals surface area contributed by atoms with E-state index in [-0.39, 0.29) is 11.7 Å². The summed E-state index contributed by atoms with van der Waals surface area (Å²) in [4.78, 5) is 14.4. The number of carbonyl (C=O) groups is 1. The van der Waals surface area contributed by atoms with Gasteiger partial charge in [-0.1, -0.05) is 31.5 Å². The molecule has 0 saturated carbocycles. The average molecular weight is 365 g/mol. The van der Waals surface area contributed by atoms with Crippen molar-refractivity contribution in [2.75, 3.05) is 31.9 Å². The summed E-state index contributed by atoms with van der Waals surface area (Å²) in [5.74, 6) is 0.315. The number of carbonyl (C=O) groups excluding carboxylic acids is 1. The van der Waals surface area contributed by atoms with Gasteiger partial charge in [0, 0.05) is 26.2 Å². The van der Waals surface area contributed by atoms with Gasteiger partial charge in [0.25, 0.3) is 0 Å². The Morgan fingerprint density at radius 3 is 2.52 bits per heavy atom. The molecule has 0 spiro atoms. The van der Waals surface area contributed by atoms with Crippen molar-refractivity contribution < 1.29 is 13.2 Å². The van der Waals surface area contributed by atoms with E-state index in [0.29, 0.717) is 39.0 Å². The highest BCUT2D eigenvalue weighted by atomic mass is 32.2. The zero-order valence-electron chi connectivity index (χ0n) is 15.0. The second-order valence-electron chi connectivity index (χ2n) is 7.08. The number of piperazine rings is 1. The SMILES string of the molecule is CCCCS(=O)(=O)N1CCN(C(=O)Cc2ccc3c(c2)CCC3)CC1. The van der Waals surface area contributed by atoms with Crippen molar-refractivity contribution in [2.45, 2.75) is 45.4 Å². The van der Waals surface area contributed by atoms with Crippen LogP contribution < -0.4 is 0 Å². The Kier molecular flexibility index (Phi) is 5.79. The summed E-state index contributed by atoms with van der Waals surface area (Å²) < 4.78 is 26.0. The number of amides is 1. The van der Waals surface area contributed by atoms with E-state index < -0.39 is 10.0 Å². The third-order valence-corrected chi connectivity index (χ3v) is 7.22. The summed E-state index contributed by atoms with van der Waals surface area (Å²) in [6.07, 6.45) is 5.46. The number of aryl methyl sites for hydroxylation is 2. The lowest BCUT2D eigenvalue weighted by Gasteiger charge is -2.34. The van der Waals surface area contributed by atoms with E-state index in [0.717, 1.165) is 24.8 Å². The van der Waals surface area contributed by atoms with Gasteiger partial charge in [-0.3, -0.25) is 4.79 Å². The van der Waals surface area contributed by atoms with Gasteiger partial charge in [-0.2, -0.15) is 4.31 Å². The minimum Gasteiger partial charge on any atom is -0.340 e. The highest BCUT2D eigenvalue weighted by Gasteiger charge is 2.28. The molecule has 6 heteroatoms. The van der Waals surface area contributed by atoms with Crippen molar-refractivity contribution in [3.05, 3.63) is 34.9 Å². The highest BCUT2D eigenvalue weighted by Crippen LogP contribution is 2.23. The number of nitrogens with zero attached hydrogens (tertiary/aromatic N) is 2. The summed E-state index contributed by atoms with van der Waals surface area (Å²) >= 11 is 0. The van der Waals surface area contributed by atoms with E-state index >= 15 is 0 Å². The summed E-state index contributed by atoms with van der Waals surface area (Å²) in [6.45, 7) is 3.82. The van der Waals surface area contributed by atoms with Gasteiger partial charge in [0.1, 0.15) is 0 Å². The third kappa shape index (κ3) is 4.42. The van der Waals surface area contributed by atoms with Crippen molar-refractivity contribution in [3.63, 3.8) is 0 Å². The van der Waals surface area contributed by atoms with E-state index in [1.165, 1.54) is 17.5 Å². The number of hydrogen-bond acceptors (Lipinski definition) is 3. The molecule has 138 valence electrons. The van der Waals surface area contributed by atoms with Crippen molar-refractivity contribution in [2.24, 2.45) is 0 Å². The Balaban J connectivity index is 1.53. The first kappa shape index (κ1) is 18.4. The maximum absolute atomic E-state index is 12.6. The Bertz CT molecular complexity index is 722. The van der Waals surface area contributed by atoms with Crippen LogP contribution in [-0.4, -0.2) is 55.5 Å². The number of unbranched alkanes of at least 4 members (excludes halogenated alkanes) is 1. The van der Waals surface area contributed by atoms with Crippen LogP contribution in [0.3, 0.4) is 0 Å². The summed E-state index contributed by atoms with van der Waals surface area (Å²) in [5, 5.41) is 0. The molecule has 0 bridgehead atoms. The van der Waals surface area contributed by atoms with Gasteiger partial charge in [0.2, 0.25) is 15.9 Å². The number of rotatable bonds is 6. The maximum Gasteiger partial charge on any atom is 0.227 e. The van der Waals surface area contributed by atoms with Crippen LogP contribution in [0.1, 0.15) is 42.9 Å². The lowest BCUT2D eigenvalue weighted by atomic mass is 10.0. The topological polar surface area (TPSA) is 57.7 Å². The molecular weight excluding hydrogens is 336 g/mol. The lowest BCUT2D eigenvalue weighted by molar-refractivity contribution is -0.131. The fraction of sp³-hybridized carbons (Fsp3) is 0.632. The van der Waals surface area contributed by atoms with Gasteiger partial charge in [0.05, 0.1) is 12.2 Å². The van der Waals surface area contributed by atoms with Gasteiger partial charge >= 0.3 is 0 Å². The van der Waals surface area contributed by atoms with Gasteiger partial charge in [0.15, 0.2) is 0 Å². The Morgan fingerprint density at radius 1 is 1.08 bits per heavy atom. The standard InChI is InChI=1S/C19H28N2O3S/c1-2-3-13-25(23,24)21-11-9-20(10-12-21)19(22)15-16-7-8-17-5-4-6-18(17)14-16/h7-8,14H,2-6,9-13,15H2,1H3. The fourth-order valence-electron chi connectivity index (χ4n) is 3.69. The van der Waals surface area contributed by atoms with Gasteiger partial charge in [-0.25, -0.2) is 8.42 Å². The van der Waals surface area contributed by atoms with E-state index in [9.17, 15) is 13.2 Å². The molecule has 3 rings (SSSR count). The Labute approximate surface area is 151 Å². The molecule has 0 unspecified atom stereocenters. The average Bonchev–Trinajstić information content (AvgIpc) is 3.08. The molecular formula is C19H28N2O3S. The zero-order valence-corrected chi connectivity index (χ0v) is 15.9. The molecule has 1 saturated heterocycles. The Hall–Kier alpha value is -1.40. The minimum absolute atomic E-state index is 0.101. The fourth-order valence-corrected chi connectivity index (χ4v) is 5.32. The lowest BCUT2D eigenvalue weighted by Crippen LogP contribution is -2.51. The van der Waals surface area contributed by atoms with Crippen LogP contribution >= 0.6 is 0 Å². The van der Waals surface area contributed by atoms with Crippen LogP contribution in [0.25, 0.3) is 0 Å². The van der Waals surface area contributed by atoms with Crippen molar-refractivity contribution >= 4 is 15.9 Å². The second kappa shape index (κ2) is 7.87. The first-order valence-corrected chi connectivity index (χ1v) is 11.0. The molecule has 5 nitrogen and oxygen atoms in total. The Morgan fingerprint density at radius 2 is 1.80 bits per heavy atom. The molecule has 1 aliphatic carbocycles. The molecule has 0 N–H and O–H groups in total. The summed E-state index contributed by atoms with van der Waals surface area (Å²) in [6, 6.07) is 6.39. The normalized spacial score (nSPS) is 18.4. The second-order valence-corrected chi connectivity index (χ2v) is 9.17. The number of sulfonamides is 1. The molecule has 1 aromatic carbocycles. The van der Waals surface area contributed by atoms with E-state index in [1.807, 2.05) is 6.92 Å². The first-order chi connectivity index (χ1) is 12.0. The monoisotopic (exact) mass is 364 g/mol. The van der Waals surface area contributed by atoms with Gasteiger partial charge in [-0.05, 0) is 42.4 Å². The van der Waals surface area contributed by atoms with Crippen molar-refractivity contribution in [1.29, 1.82) is 0 Å². The molecule has 1 aliphatic heterocycles.